The smallest absolute Gasteiger partial charge is 0.115 e. The Hall–Kier alpha value is -0.870. The minimum atomic E-state index is -0.945. The molecule has 0 radical (unpaired) electrons. The fourth-order valence-electron chi connectivity index (χ4n) is 1.18. The molecule has 0 heterocycles. The number of hydrogen-bond donors (Lipinski definition) is 2. The van der Waals surface area contributed by atoms with Crippen LogP contribution in [0.2, 0.25) is 0 Å². The van der Waals surface area contributed by atoms with E-state index in [1.807, 2.05) is 13.0 Å². The van der Waals surface area contributed by atoms with E-state index in [1.54, 1.807) is 18.2 Å². The van der Waals surface area contributed by atoms with Crippen LogP contribution in [0.5, 0.6) is 5.75 Å². The fourth-order valence-corrected chi connectivity index (χ4v) is 2.44. The van der Waals surface area contributed by atoms with E-state index >= 15 is 0 Å². The number of phenols is 1. The van der Waals surface area contributed by atoms with Gasteiger partial charge in [-0.05, 0) is 24.6 Å². The van der Waals surface area contributed by atoms with Gasteiger partial charge in [-0.2, -0.15) is 0 Å². The molecule has 1 aromatic rings. The number of hydrogen-bond acceptors (Lipinski definition) is 3. The number of benzene rings is 1. The van der Waals surface area contributed by atoms with Crippen LogP contribution in [-0.2, 0) is 16.6 Å². The van der Waals surface area contributed by atoms with Crippen LogP contribution in [0.25, 0.3) is 0 Å². The highest BCUT2D eigenvalue weighted by molar-refractivity contribution is 7.84. The molecule has 2 atom stereocenters. The molecule has 4 heteroatoms. The zero-order valence-corrected chi connectivity index (χ0v) is 8.96. The second kappa shape index (κ2) is 5.12. The molecule has 0 aliphatic rings. The average Bonchev–Trinajstić information content (AvgIpc) is 2.01. The quantitative estimate of drug-likeness (QED) is 0.784. The second-order valence-corrected chi connectivity index (χ2v) is 4.90. The van der Waals surface area contributed by atoms with Crippen LogP contribution < -0.4 is 5.73 Å². The number of phenolic OH excluding ortho intramolecular Hbond substituents is 1. The van der Waals surface area contributed by atoms with E-state index in [4.69, 9.17) is 5.73 Å². The summed E-state index contributed by atoms with van der Waals surface area (Å²) in [6.07, 6.45) is 0. The van der Waals surface area contributed by atoms with Crippen LogP contribution in [0.15, 0.2) is 24.3 Å². The molecule has 0 aromatic heterocycles. The minimum Gasteiger partial charge on any atom is -0.508 e. The molecule has 1 aromatic carbocycles. The van der Waals surface area contributed by atoms with Crippen molar-refractivity contribution in [3.63, 3.8) is 0 Å². The molecule has 0 amide bonds. The Balaban J connectivity index is 2.56. The van der Waals surface area contributed by atoms with Gasteiger partial charge in [-0.1, -0.05) is 12.1 Å². The lowest BCUT2D eigenvalue weighted by molar-refractivity contribution is 0.475. The van der Waals surface area contributed by atoms with Gasteiger partial charge in [-0.15, -0.1) is 0 Å². The lowest BCUT2D eigenvalue weighted by Gasteiger charge is -2.05. The van der Waals surface area contributed by atoms with Crippen molar-refractivity contribution in [3.05, 3.63) is 29.8 Å². The summed E-state index contributed by atoms with van der Waals surface area (Å²) >= 11 is 0. The Bertz CT molecular complexity index is 326. The molecule has 3 nitrogen and oxygen atoms in total. The Labute approximate surface area is 86.4 Å². The van der Waals surface area contributed by atoms with Gasteiger partial charge in [-0.25, -0.2) is 0 Å². The molecule has 3 N–H and O–H groups in total. The van der Waals surface area contributed by atoms with E-state index in [-0.39, 0.29) is 11.8 Å². The molecule has 78 valence electrons. The molecule has 2 unspecified atom stereocenters. The molecular weight excluding hydrogens is 198 g/mol. The third-order valence-corrected chi connectivity index (χ3v) is 3.24. The van der Waals surface area contributed by atoms with Crippen LogP contribution in [0.1, 0.15) is 12.5 Å². The van der Waals surface area contributed by atoms with Crippen LogP contribution in [0.3, 0.4) is 0 Å². The van der Waals surface area contributed by atoms with Gasteiger partial charge in [-0.3, -0.25) is 4.21 Å². The van der Waals surface area contributed by atoms with Crippen molar-refractivity contribution < 1.29 is 9.32 Å². The van der Waals surface area contributed by atoms with Gasteiger partial charge in [0.25, 0.3) is 0 Å². The number of nitrogens with two attached hydrogens (primary N) is 1. The highest BCUT2D eigenvalue weighted by atomic mass is 32.2. The molecule has 0 bridgehead atoms. The lowest BCUT2D eigenvalue weighted by atomic mass is 10.2. The average molecular weight is 213 g/mol. The summed E-state index contributed by atoms with van der Waals surface area (Å²) in [5, 5.41) is 9.18. The summed E-state index contributed by atoms with van der Waals surface area (Å²) in [6.45, 7) is 1.83. The first-order valence-corrected chi connectivity index (χ1v) is 5.95. The first kappa shape index (κ1) is 11.2. The van der Waals surface area contributed by atoms with Gasteiger partial charge in [0.05, 0.1) is 0 Å². The van der Waals surface area contributed by atoms with E-state index in [0.29, 0.717) is 11.5 Å². The van der Waals surface area contributed by atoms with Crippen LogP contribution in [0, 0.1) is 0 Å². The topological polar surface area (TPSA) is 63.3 Å². The summed E-state index contributed by atoms with van der Waals surface area (Å²) in [6, 6.07) is 6.76. The molecule has 1 rings (SSSR count). The van der Waals surface area contributed by atoms with E-state index < -0.39 is 10.8 Å². The Morgan fingerprint density at radius 2 is 2.29 bits per heavy atom. The summed E-state index contributed by atoms with van der Waals surface area (Å²) < 4.78 is 11.5. The normalized spacial score (nSPS) is 15.0. The molecule has 0 aliphatic carbocycles. The molecule has 0 spiro atoms. The Kier molecular flexibility index (Phi) is 4.10. The summed E-state index contributed by atoms with van der Waals surface area (Å²) in [4.78, 5) is 0. The highest BCUT2D eigenvalue weighted by Crippen LogP contribution is 2.12. The van der Waals surface area contributed by atoms with Gasteiger partial charge in [0.1, 0.15) is 5.75 Å². The van der Waals surface area contributed by atoms with Crippen molar-refractivity contribution in [1.82, 2.24) is 0 Å². The first-order chi connectivity index (χ1) is 6.58. The second-order valence-electron chi connectivity index (χ2n) is 3.40. The standard InChI is InChI=1S/C10H15NO2S/c1-8(11)6-14(13)7-9-3-2-4-10(12)5-9/h2-5,8,12H,6-7,11H2,1H3. The van der Waals surface area contributed by atoms with E-state index in [0.717, 1.165) is 5.56 Å². The zero-order valence-electron chi connectivity index (χ0n) is 8.14. The third-order valence-electron chi connectivity index (χ3n) is 1.69. The Morgan fingerprint density at radius 1 is 1.57 bits per heavy atom. The van der Waals surface area contributed by atoms with Crippen molar-refractivity contribution in [2.75, 3.05) is 5.75 Å². The largest absolute Gasteiger partial charge is 0.508 e. The zero-order chi connectivity index (χ0) is 10.6. The van der Waals surface area contributed by atoms with Crippen molar-refractivity contribution in [2.45, 2.75) is 18.7 Å². The van der Waals surface area contributed by atoms with Gasteiger partial charge in [0.15, 0.2) is 0 Å². The van der Waals surface area contributed by atoms with Crippen molar-refractivity contribution in [3.8, 4) is 5.75 Å². The summed E-state index contributed by atoms with van der Waals surface area (Å²) in [7, 11) is -0.945. The maximum Gasteiger partial charge on any atom is 0.115 e. The molecule has 0 aliphatic heterocycles. The predicted molar refractivity (Wildman–Crippen MR) is 58.5 cm³/mol. The van der Waals surface area contributed by atoms with Crippen molar-refractivity contribution in [2.24, 2.45) is 5.73 Å². The highest BCUT2D eigenvalue weighted by Gasteiger charge is 2.04. The number of aromatic hydroxyl groups is 1. The fraction of sp³-hybridized carbons (Fsp3) is 0.400. The molecule has 14 heavy (non-hydrogen) atoms. The van der Waals surface area contributed by atoms with Gasteiger partial charge in [0, 0.05) is 28.3 Å². The monoisotopic (exact) mass is 213 g/mol. The molecule has 0 saturated carbocycles. The van der Waals surface area contributed by atoms with E-state index in [1.165, 1.54) is 0 Å². The Morgan fingerprint density at radius 3 is 2.86 bits per heavy atom. The van der Waals surface area contributed by atoms with Crippen molar-refractivity contribution >= 4 is 10.8 Å². The maximum absolute atomic E-state index is 11.5. The van der Waals surface area contributed by atoms with Crippen molar-refractivity contribution in [1.29, 1.82) is 0 Å². The molecule has 0 fully saturated rings. The first-order valence-electron chi connectivity index (χ1n) is 4.46. The molecular formula is C10H15NO2S. The maximum atomic E-state index is 11.5. The van der Waals surface area contributed by atoms with Gasteiger partial charge in [0.2, 0.25) is 0 Å². The summed E-state index contributed by atoms with van der Waals surface area (Å²) in [5.41, 5.74) is 6.41. The van der Waals surface area contributed by atoms with E-state index in [2.05, 4.69) is 0 Å². The van der Waals surface area contributed by atoms with Crippen LogP contribution >= 0.6 is 0 Å². The summed E-state index contributed by atoms with van der Waals surface area (Å²) in [5.74, 6) is 1.16. The lowest BCUT2D eigenvalue weighted by Crippen LogP contribution is -2.23. The predicted octanol–water partition coefficient (Wildman–Crippen LogP) is 0.988. The third kappa shape index (κ3) is 3.89. The molecule has 0 saturated heterocycles. The van der Waals surface area contributed by atoms with Gasteiger partial charge >= 0.3 is 0 Å². The number of rotatable bonds is 4. The van der Waals surface area contributed by atoms with Crippen LogP contribution in [0.4, 0.5) is 0 Å². The van der Waals surface area contributed by atoms with Gasteiger partial charge < -0.3 is 10.8 Å². The van der Waals surface area contributed by atoms with E-state index in [9.17, 15) is 9.32 Å². The SMILES string of the molecule is CC(N)CS(=O)Cc1cccc(O)c1. The van der Waals surface area contributed by atoms with Crippen LogP contribution in [-0.4, -0.2) is 21.1 Å². The minimum absolute atomic E-state index is 0.0480.